The lowest BCUT2D eigenvalue weighted by molar-refractivity contribution is -0.148. The molecule has 0 bridgehead atoms. The van der Waals surface area contributed by atoms with Gasteiger partial charge in [-0.3, -0.25) is 4.79 Å². The van der Waals surface area contributed by atoms with Crippen LogP contribution < -0.4 is 4.74 Å². The standard InChI is InChI=1S/C14H19BrO3/c1-6-18-13(16)14(3,4)10-7-9(2)12(15)11(8-10)17-5/h7-8H,6H2,1-5H3. The van der Waals surface area contributed by atoms with Crippen LogP contribution >= 0.6 is 15.9 Å². The Morgan fingerprint density at radius 1 is 1.39 bits per heavy atom. The molecule has 0 aliphatic carbocycles. The van der Waals surface area contributed by atoms with Crippen LogP contribution in [0.4, 0.5) is 0 Å². The Labute approximate surface area is 117 Å². The number of methoxy groups -OCH3 is 1. The van der Waals surface area contributed by atoms with Crippen LogP contribution in [0.25, 0.3) is 0 Å². The summed E-state index contributed by atoms with van der Waals surface area (Å²) in [6.45, 7) is 7.87. The minimum atomic E-state index is -0.686. The summed E-state index contributed by atoms with van der Waals surface area (Å²) in [7, 11) is 1.61. The zero-order valence-electron chi connectivity index (χ0n) is 11.5. The highest BCUT2D eigenvalue weighted by molar-refractivity contribution is 9.10. The lowest BCUT2D eigenvalue weighted by atomic mass is 9.84. The van der Waals surface area contributed by atoms with Crippen molar-refractivity contribution in [3.63, 3.8) is 0 Å². The number of benzene rings is 1. The van der Waals surface area contributed by atoms with Crippen molar-refractivity contribution in [2.24, 2.45) is 0 Å². The lowest BCUT2D eigenvalue weighted by Crippen LogP contribution is -2.31. The number of hydrogen-bond acceptors (Lipinski definition) is 3. The van der Waals surface area contributed by atoms with Crippen LogP contribution in [0.1, 0.15) is 31.9 Å². The third kappa shape index (κ3) is 2.86. The molecule has 0 aliphatic rings. The molecule has 0 atom stereocenters. The van der Waals surface area contributed by atoms with Crippen LogP contribution in [0.3, 0.4) is 0 Å². The molecule has 1 rings (SSSR count). The van der Waals surface area contributed by atoms with Gasteiger partial charge in [0, 0.05) is 0 Å². The van der Waals surface area contributed by atoms with E-state index in [0.717, 1.165) is 21.3 Å². The predicted molar refractivity (Wildman–Crippen MR) is 75.1 cm³/mol. The van der Waals surface area contributed by atoms with E-state index in [-0.39, 0.29) is 5.97 Å². The largest absolute Gasteiger partial charge is 0.496 e. The van der Waals surface area contributed by atoms with Gasteiger partial charge in [-0.15, -0.1) is 0 Å². The summed E-state index contributed by atoms with van der Waals surface area (Å²) >= 11 is 3.47. The molecular formula is C14H19BrO3. The third-order valence-corrected chi connectivity index (χ3v) is 3.96. The molecule has 0 saturated heterocycles. The molecule has 0 radical (unpaired) electrons. The molecule has 18 heavy (non-hydrogen) atoms. The van der Waals surface area contributed by atoms with E-state index in [2.05, 4.69) is 15.9 Å². The quantitative estimate of drug-likeness (QED) is 0.796. The first kappa shape index (κ1) is 15.0. The Kier molecular flexibility index (Phi) is 4.79. The van der Waals surface area contributed by atoms with Crippen molar-refractivity contribution in [2.75, 3.05) is 13.7 Å². The fourth-order valence-corrected chi connectivity index (χ4v) is 2.07. The maximum absolute atomic E-state index is 12.0. The molecule has 0 unspecified atom stereocenters. The van der Waals surface area contributed by atoms with E-state index in [9.17, 15) is 4.79 Å². The van der Waals surface area contributed by atoms with E-state index < -0.39 is 5.41 Å². The van der Waals surface area contributed by atoms with Crippen molar-refractivity contribution in [3.05, 3.63) is 27.7 Å². The average molecular weight is 315 g/mol. The molecule has 1 aromatic rings. The molecule has 3 nitrogen and oxygen atoms in total. The number of aryl methyl sites for hydroxylation is 1. The summed E-state index contributed by atoms with van der Waals surface area (Å²) in [5.74, 6) is 0.496. The molecule has 0 spiro atoms. The normalized spacial score (nSPS) is 11.2. The van der Waals surface area contributed by atoms with Crippen molar-refractivity contribution in [1.29, 1.82) is 0 Å². The molecule has 1 aromatic carbocycles. The summed E-state index contributed by atoms with van der Waals surface area (Å²) < 4.78 is 11.3. The Balaban J connectivity index is 3.24. The van der Waals surface area contributed by atoms with Crippen LogP contribution in [0.2, 0.25) is 0 Å². The SMILES string of the molecule is CCOC(=O)C(C)(C)c1cc(C)c(Br)c(OC)c1. The Morgan fingerprint density at radius 3 is 2.50 bits per heavy atom. The van der Waals surface area contributed by atoms with Crippen molar-refractivity contribution >= 4 is 21.9 Å². The number of rotatable bonds is 4. The van der Waals surface area contributed by atoms with E-state index in [4.69, 9.17) is 9.47 Å². The second-order valence-corrected chi connectivity index (χ2v) is 5.45. The van der Waals surface area contributed by atoms with Gasteiger partial charge in [-0.05, 0) is 60.8 Å². The van der Waals surface area contributed by atoms with Crippen LogP contribution in [0.15, 0.2) is 16.6 Å². The number of carbonyl (C=O) groups excluding carboxylic acids is 1. The van der Waals surface area contributed by atoms with Crippen LogP contribution in [-0.4, -0.2) is 19.7 Å². The number of halogens is 1. The van der Waals surface area contributed by atoms with Gasteiger partial charge in [0.2, 0.25) is 0 Å². The second kappa shape index (κ2) is 5.74. The number of carbonyl (C=O) groups is 1. The summed E-state index contributed by atoms with van der Waals surface area (Å²) in [5, 5.41) is 0. The van der Waals surface area contributed by atoms with Gasteiger partial charge in [-0.2, -0.15) is 0 Å². The van der Waals surface area contributed by atoms with Gasteiger partial charge in [-0.25, -0.2) is 0 Å². The zero-order chi connectivity index (χ0) is 13.9. The molecule has 0 aromatic heterocycles. The predicted octanol–water partition coefficient (Wildman–Crippen LogP) is 3.61. The topological polar surface area (TPSA) is 35.5 Å². The van der Waals surface area contributed by atoms with Crippen LogP contribution in [0.5, 0.6) is 5.75 Å². The van der Waals surface area contributed by atoms with Crippen molar-refractivity contribution in [3.8, 4) is 5.75 Å². The second-order valence-electron chi connectivity index (χ2n) is 4.65. The fourth-order valence-electron chi connectivity index (χ4n) is 1.68. The number of esters is 1. The van der Waals surface area contributed by atoms with Crippen LogP contribution in [0, 0.1) is 6.92 Å². The maximum atomic E-state index is 12.0. The summed E-state index contributed by atoms with van der Waals surface area (Å²) in [6, 6.07) is 3.84. The van der Waals surface area contributed by atoms with E-state index >= 15 is 0 Å². The van der Waals surface area contributed by atoms with Gasteiger partial charge in [-0.1, -0.05) is 6.07 Å². The molecule has 0 N–H and O–H groups in total. The van der Waals surface area contributed by atoms with E-state index in [0.29, 0.717) is 6.61 Å². The monoisotopic (exact) mass is 314 g/mol. The first-order valence-corrected chi connectivity index (χ1v) is 6.65. The zero-order valence-corrected chi connectivity index (χ0v) is 13.1. The molecule has 0 heterocycles. The van der Waals surface area contributed by atoms with Gasteiger partial charge in [0.25, 0.3) is 0 Å². The highest BCUT2D eigenvalue weighted by Crippen LogP contribution is 2.35. The van der Waals surface area contributed by atoms with Crippen molar-refractivity contribution < 1.29 is 14.3 Å². The average Bonchev–Trinajstić information content (AvgIpc) is 2.32. The molecule has 0 fully saturated rings. The Hall–Kier alpha value is -1.03. The highest BCUT2D eigenvalue weighted by Gasteiger charge is 2.32. The lowest BCUT2D eigenvalue weighted by Gasteiger charge is -2.24. The van der Waals surface area contributed by atoms with Crippen molar-refractivity contribution in [2.45, 2.75) is 33.1 Å². The van der Waals surface area contributed by atoms with Gasteiger partial charge in [0.05, 0.1) is 23.6 Å². The summed E-state index contributed by atoms with van der Waals surface area (Å²) in [6.07, 6.45) is 0. The molecule has 0 amide bonds. The van der Waals surface area contributed by atoms with Gasteiger partial charge in [0.1, 0.15) is 5.75 Å². The van der Waals surface area contributed by atoms with Crippen molar-refractivity contribution in [1.82, 2.24) is 0 Å². The third-order valence-electron chi connectivity index (χ3n) is 2.95. The molecule has 0 saturated carbocycles. The van der Waals surface area contributed by atoms with Gasteiger partial charge >= 0.3 is 5.97 Å². The Bertz CT molecular complexity index is 453. The smallest absolute Gasteiger partial charge is 0.315 e. The van der Waals surface area contributed by atoms with Gasteiger partial charge in [0.15, 0.2) is 0 Å². The van der Waals surface area contributed by atoms with E-state index in [1.807, 2.05) is 32.9 Å². The number of hydrogen-bond donors (Lipinski definition) is 0. The Morgan fingerprint density at radius 2 is 2.00 bits per heavy atom. The van der Waals surface area contributed by atoms with Gasteiger partial charge < -0.3 is 9.47 Å². The minimum absolute atomic E-state index is 0.228. The minimum Gasteiger partial charge on any atom is -0.496 e. The highest BCUT2D eigenvalue weighted by atomic mass is 79.9. The fraction of sp³-hybridized carbons (Fsp3) is 0.500. The van der Waals surface area contributed by atoms with E-state index in [1.165, 1.54) is 0 Å². The molecule has 4 heteroatoms. The number of ether oxygens (including phenoxy) is 2. The first-order chi connectivity index (χ1) is 8.34. The molecule has 0 aliphatic heterocycles. The molecular weight excluding hydrogens is 296 g/mol. The van der Waals surface area contributed by atoms with E-state index in [1.54, 1.807) is 14.0 Å². The summed E-state index contributed by atoms with van der Waals surface area (Å²) in [5.41, 5.74) is 1.23. The summed E-state index contributed by atoms with van der Waals surface area (Å²) in [4.78, 5) is 12.0. The first-order valence-electron chi connectivity index (χ1n) is 5.86. The van der Waals surface area contributed by atoms with Crippen LogP contribution in [-0.2, 0) is 14.9 Å². The maximum Gasteiger partial charge on any atom is 0.315 e. The molecule has 100 valence electrons.